The molecule has 0 bridgehead atoms. The maximum atomic E-state index is 14.2. The molecule has 39 heavy (non-hydrogen) atoms. The number of rotatable bonds is 7. The maximum absolute atomic E-state index is 14.2. The predicted molar refractivity (Wildman–Crippen MR) is 144 cm³/mol. The van der Waals surface area contributed by atoms with Gasteiger partial charge in [-0.1, -0.05) is 30.1 Å². The van der Waals surface area contributed by atoms with E-state index in [1.54, 1.807) is 0 Å². The van der Waals surface area contributed by atoms with Gasteiger partial charge in [0.1, 0.15) is 0 Å². The van der Waals surface area contributed by atoms with Crippen molar-refractivity contribution in [1.82, 2.24) is 19.4 Å². The summed E-state index contributed by atoms with van der Waals surface area (Å²) < 4.78 is 68.4. The van der Waals surface area contributed by atoms with Gasteiger partial charge in [0.25, 0.3) is 5.56 Å². The Morgan fingerprint density at radius 2 is 1.82 bits per heavy atom. The fourth-order valence-electron chi connectivity index (χ4n) is 4.85. The number of sulfone groups is 1. The molecule has 14 heteroatoms. The van der Waals surface area contributed by atoms with Crippen molar-refractivity contribution in [1.29, 1.82) is 0 Å². The van der Waals surface area contributed by atoms with Gasteiger partial charge in [-0.2, -0.15) is 13.2 Å². The normalized spacial score (nSPS) is 17.0. The Hall–Kier alpha value is -2.38. The summed E-state index contributed by atoms with van der Waals surface area (Å²) in [7, 11) is 0.0447. The molecule has 1 N–H and O–H groups in total. The molecule has 1 aromatic heterocycles. The Morgan fingerprint density at radius 3 is 2.41 bits per heavy atom. The number of halogens is 5. The highest BCUT2D eigenvalue weighted by Crippen LogP contribution is 2.39. The Labute approximate surface area is 232 Å². The molecule has 1 fully saturated rings. The number of alkyl halides is 3. The van der Waals surface area contributed by atoms with Crippen LogP contribution >= 0.6 is 23.2 Å². The lowest BCUT2D eigenvalue weighted by Gasteiger charge is -2.23. The second-order valence-electron chi connectivity index (χ2n) is 9.76. The van der Waals surface area contributed by atoms with Crippen molar-refractivity contribution in [3.63, 3.8) is 0 Å². The van der Waals surface area contributed by atoms with Crippen LogP contribution in [-0.4, -0.2) is 66.7 Å². The van der Waals surface area contributed by atoms with Gasteiger partial charge in [-0.3, -0.25) is 14.3 Å². The molecular weight excluding hydrogens is 580 g/mol. The van der Waals surface area contributed by atoms with E-state index in [0.717, 1.165) is 6.42 Å². The summed E-state index contributed by atoms with van der Waals surface area (Å²) in [6.07, 6.45) is -4.04. The van der Waals surface area contributed by atoms with E-state index in [9.17, 15) is 31.2 Å². The van der Waals surface area contributed by atoms with Crippen molar-refractivity contribution in [2.24, 2.45) is 0 Å². The van der Waals surface area contributed by atoms with Gasteiger partial charge in [-0.05, 0) is 55.9 Å². The van der Waals surface area contributed by atoms with Crippen LogP contribution in [0.5, 0.6) is 0 Å². The SMILES string of the molecule is CCS(=O)(=O)c1ccc(Cl)cc1Cn1c(=O)[nH]c2c(Cl)c(CN3CCC(N(C)C)C3)c(C(F)(F)F)cc2c1=O. The molecule has 1 aliphatic heterocycles. The van der Waals surface area contributed by atoms with Crippen LogP contribution in [0.3, 0.4) is 0 Å². The topological polar surface area (TPSA) is 95.5 Å². The van der Waals surface area contributed by atoms with Crippen molar-refractivity contribution in [3.05, 3.63) is 71.8 Å². The minimum atomic E-state index is -4.82. The van der Waals surface area contributed by atoms with Crippen LogP contribution in [0.25, 0.3) is 10.9 Å². The molecule has 0 aliphatic carbocycles. The van der Waals surface area contributed by atoms with E-state index >= 15 is 0 Å². The molecule has 3 aromatic rings. The number of nitrogens with one attached hydrogen (secondary N) is 1. The molecule has 2 heterocycles. The third-order valence-corrected chi connectivity index (χ3v) is 9.53. The number of fused-ring (bicyclic) bond motifs is 1. The molecular formula is C25H27Cl2F3N4O4S. The molecule has 1 saturated heterocycles. The predicted octanol–water partition coefficient (Wildman–Crippen LogP) is 3.99. The minimum absolute atomic E-state index is 0.0551. The van der Waals surface area contributed by atoms with Crippen LogP contribution in [0.1, 0.15) is 30.0 Å². The van der Waals surface area contributed by atoms with Gasteiger partial charge >= 0.3 is 11.9 Å². The van der Waals surface area contributed by atoms with Crippen molar-refractivity contribution in [3.8, 4) is 0 Å². The summed E-state index contributed by atoms with van der Waals surface area (Å²) in [5.41, 5.74) is -3.44. The number of likely N-dealkylation sites (tertiary alicyclic amines) is 1. The summed E-state index contributed by atoms with van der Waals surface area (Å²) >= 11 is 12.5. The van der Waals surface area contributed by atoms with Gasteiger partial charge in [0, 0.05) is 30.7 Å². The van der Waals surface area contributed by atoms with Gasteiger partial charge in [0.2, 0.25) is 0 Å². The summed E-state index contributed by atoms with van der Waals surface area (Å²) in [5, 5.41) is -0.632. The number of likely N-dealkylation sites (N-methyl/N-ethyl adjacent to an activating group) is 1. The molecule has 1 atom stereocenters. The van der Waals surface area contributed by atoms with Crippen molar-refractivity contribution < 1.29 is 21.6 Å². The van der Waals surface area contributed by atoms with Crippen LogP contribution in [-0.2, 0) is 29.1 Å². The fraction of sp³-hybridized carbons (Fsp3) is 0.440. The minimum Gasteiger partial charge on any atom is -0.305 e. The number of aromatic nitrogens is 2. The first-order chi connectivity index (χ1) is 18.1. The van der Waals surface area contributed by atoms with Gasteiger partial charge in [0.05, 0.1) is 38.7 Å². The summed E-state index contributed by atoms with van der Waals surface area (Å²) in [6.45, 7) is 1.90. The van der Waals surface area contributed by atoms with E-state index in [1.807, 2.05) is 23.9 Å². The Bertz CT molecular complexity index is 1650. The number of nitrogens with zero attached hydrogens (tertiary/aromatic N) is 3. The molecule has 0 saturated carbocycles. The second kappa shape index (κ2) is 10.9. The Morgan fingerprint density at radius 1 is 1.13 bits per heavy atom. The van der Waals surface area contributed by atoms with E-state index in [4.69, 9.17) is 23.2 Å². The molecule has 8 nitrogen and oxygen atoms in total. The van der Waals surface area contributed by atoms with E-state index < -0.39 is 44.8 Å². The van der Waals surface area contributed by atoms with Gasteiger partial charge < -0.3 is 9.88 Å². The molecule has 1 aliphatic rings. The highest BCUT2D eigenvalue weighted by Gasteiger charge is 2.37. The molecule has 2 aromatic carbocycles. The van der Waals surface area contributed by atoms with Crippen LogP contribution in [0, 0.1) is 0 Å². The molecule has 212 valence electrons. The number of benzene rings is 2. The lowest BCUT2D eigenvalue weighted by atomic mass is 10.0. The first-order valence-electron chi connectivity index (χ1n) is 12.1. The number of aromatic amines is 1. The summed E-state index contributed by atoms with van der Waals surface area (Å²) in [6, 6.07) is 4.80. The zero-order valence-corrected chi connectivity index (χ0v) is 23.7. The monoisotopic (exact) mass is 606 g/mol. The summed E-state index contributed by atoms with van der Waals surface area (Å²) in [4.78, 5) is 32.6. The van der Waals surface area contributed by atoms with Crippen molar-refractivity contribution in [2.75, 3.05) is 32.9 Å². The molecule has 0 spiro atoms. The summed E-state index contributed by atoms with van der Waals surface area (Å²) in [5.74, 6) is -0.246. The lowest BCUT2D eigenvalue weighted by molar-refractivity contribution is -0.138. The van der Waals surface area contributed by atoms with Crippen LogP contribution in [0.4, 0.5) is 13.2 Å². The number of hydrogen-bond acceptors (Lipinski definition) is 6. The largest absolute Gasteiger partial charge is 0.416 e. The quantitative estimate of drug-likeness (QED) is 0.437. The fourth-order valence-corrected chi connectivity index (χ4v) is 6.46. The van der Waals surface area contributed by atoms with Crippen LogP contribution in [0.2, 0.25) is 10.0 Å². The molecule has 1 unspecified atom stereocenters. The van der Waals surface area contributed by atoms with Crippen LogP contribution < -0.4 is 11.2 Å². The molecule has 0 radical (unpaired) electrons. The van der Waals surface area contributed by atoms with Crippen molar-refractivity contribution in [2.45, 2.75) is 43.5 Å². The Balaban J connectivity index is 1.87. The first-order valence-corrected chi connectivity index (χ1v) is 14.5. The maximum Gasteiger partial charge on any atom is 0.416 e. The zero-order valence-electron chi connectivity index (χ0n) is 21.4. The Kier molecular flexibility index (Phi) is 8.26. The molecule has 4 rings (SSSR count). The molecule has 0 amide bonds. The van der Waals surface area contributed by atoms with Gasteiger partial charge in [-0.25, -0.2) is 13.2 Å². The van der Waals surface area contributed by atoms with E-state index in [2.05, 4.69) is 4.98 Å². The number of hydrogen-bond donors (Lipinski definition) is 1. The van der Waals surface area contributed by atoms with Gasteiger partial charge in [-0.15, -0.1) is 0 Å². The standard InChI is InChI=1S/C25H27Cl2F3N4O4S/c1-4-39(37,38)20-6-5-15(26)9-14(20)11-34-23(35)17-10-19(25(28,29)30)18(21(27)22(17)31-24(34)36)13-33-8-7-16(12-33)32(2)3/h5-6,9-10,16H,4,7-8,11-13H2,1-3H3,(H,31,36). The van der Waals surface area contributed by atoms with Crippen molar-refractivity contribution >= 4 is 43.9 Å². The average Bonchev–Trinajstić information content (AvgIpc) is 3.32. The smallest absolute Gasteiger partial charge is 0.305 e. The van der Waals surface area contributed by atoms with E-state index in [0.29, 0.717) is 23.7 Å². The zero-order chi connectivity index (χ0) is 28.9. The van der Waals surface area contributed by atoms with Gasteiger partial charge in [0.15, 0.2) is 9.84 Å². The second-order valence-corrected chi connectivity index (χ2v) is 12.8. The third kappa shape index (κ3) is 5.90. The third-order valence-electron chi connectivity index (χ3n) is 7.05. The highest BCUT2D eigenvalue weighted by molar-refractivity contribution is 7.91. The first kappa shape index (κ1) is 29.6. The van der Waals surface area contributed by atoms with Crippen LogP contribution in [0.15, 0.2) is 38.8 Å². The highest BCUT2D eigenvalue weighted by atomic mass is 35.5. The number of H-pyrrole nitrogens is 1. The lowest BCUT2D eigenvalue weighted by Crippen LogP contribution is -2.36. The average molecular weight is 607 g/mol. The van der Waals surface area contributed by atoms with E-state index in [-0.39, 0.29) is 49.9 Å². The van der Waals surface area contributed by atoms with E-state index in [1.165, 1.54) is 25.1 Å².